The highest BCUT2D eigenvalue weighted by Crippen LogP contribution is 2.29. The summed E-state index contributed by atoms with van der Waals surface area (Å²) in [6.45, 7) is 0.956. The number of pyridine rings is 1. The number of nitrogens with zero attached hydrogens (tertiary/aromatic N) is 4. The Kier molecular flexibility index (Phi) is 7.24. The number of benzene rings is 3. The van der Waals surface area contributed by atoms with Crippen LogP contribution in [0.1, 0.15) is 26.3 Å². The number of anilines is 2. The summed E-state index contributed by atoms with van der Waals surface area (Å²) < 4.78 is 20.2. The number of ether oxygens (including phenoxy) is 1. The van der Waals surface area contributed by atoms with Crippen molar-refractivity contribution in [1.29, 1.82) is 0 Å². The highest BCUT2D eigenvalue weighted by molar-refractivity contribution is 5.96. The summed E-state index contributed by atoms with van der Waals surface area (Å²) in [5.74, 6) is 0.108. The van der Waals surface area contributed by atoms with Gasteiger partial charge in [0, 0.05) is 42.5 Å². The monoisotopic (exact) mass is 566 g/mol. The number of β-amino-alcohol motifs (C(OH)–C–C–N with tert-alkyl or cyclic N) is 1. The zero-order chi connectivity index (χ0) is 29.2. The smallest absolute Gasteiger partial charge is 0.254 e. The fourth-order valence-corrected chi connectivity index (χ4v) is 4.66. The number of rotatable bonds is 8. The molecule has 1 fully saturated rings. The van der Waals surface area contributed by atoms with Crippen LogP contribution in [-0.4, -0.2) is 62.7 Å². The van der Waals surface area contributed by atoms with Gasteiger partial charge in [0.25, 0.3) is 11.8 Å². The molecule has 5 aromatic rings. The SMILES string of the molecule is COc1cc(C(=O)N2CC(O)C2)ccc1Nc1nc2ccc(-c3ccc(C(=O)NCc4ccc(F)cc4)cc3)cn2n1. The largest absolute Gasteiger partial charge is 0.495 e. The van der Waals surface area contributed by atoms with Crippen LogP contribution in [0.3, 0.4) is 0 Å². The Balaban J connectivity index is 1.13. The molecule has 42 heavy (non-hydrogen) atoms. The molecular weight excluding hydrogens is 539 g/mol. The van der Waals surface area contributed by atoms with Gasteiger partial charge >= 0.3 is 0 Å². The van der Waals surface area contributed by atoms with Crippen molar-refractivity contribution in [3.8, 4) is 16.9 Å². The van der Waals surface area contributed by atoms with Gasteiger partial charge in [-0.25, -0.2) is 8.91 Å². The van der Waals surface area contributed by atoms with E-state index in [0.29, 0.717) is 53.8 Å². The maximum absolute atomic E-state index is 13.1. The second-order valence-electron chi connectivity index (χ2n) is 9.95. The van der Waals surface area contributed by atoms with E-state index in [0.717, 1.165) is 16.7 Å². The Bertz CT molecular complexity index is 1770. The number of fused-ring (bicyclic) bond motifs is 1. The fraction of sp³-hybridized carbons (Fsp3) is 0.161. The van der Waals surface area contributed by atoms with Gasteiger partial charge in [0.15, 0.2) is 5.65 Å². The molecule has 3 aromatic carbocycles. The third kappa shape index (κ3) is 5.63. The van der Waals surface area contributed by atoms with E-state index in [9.17, 15) is 19.1 Å². The second-order valence-corrected chi connectivity index (χ2v) is 9.95. The van der Waals surface area contributed by atoms with Crippen LogP contribution in [-0.2, 0) is 6.54 Å². The van der Waals surface area contributed by atoms with E-state index in [1.54, 1.807) is 51.9 Å². The van der Waals surface area contributed by atoms with Gasteiger partial charge < -0.3 is 25.4 Å². The molecule has 2 aromatic heterocycles. The molecule has 10 nitrogen and oxygen atoms in total. The number of halogens is 1. The molecule has 0 unspecified atom stereocenters. The Hall–Kier alpha value is -5.29. The topological polar surface area (TPSA) is 121 Å². The van der Waals surface area contributed by atoms with Crippen molar-refractivity contribution in [2.45, 2.75) is 12.6 Å². The van der Waals surface area contributed by atoms with E-state index in [4.69, 9.17) is 4.74 Å². The van der Waals surface area contributed by atoms with Crippen LogP contribution >= 0.6 is 0 Å². The van der Waals surface area contributed by atoms with Gasteiger partial charge in [0.05, 0.1) is 18.9 Å². The van der Waals surface area contributed by atoms with Gasteiger partial charge in [-0.05, 0) is 65.7 Å². The first-order chi connectivity index (χ1) is 20.4. The molecule has 0 aliphatic carbocycles. The number of aromatic nitrogens is 3. The molecule has 3 heterocycles. The van der Waals surface area contributed by atoms with Crippen LogP contribution < -0.4 is 15.4 Å². The maximum Gasteiger partial charge on any atom is 0.254 e. The van der Waals surface area contributed by atoms with E-state index in [1.807, 2.05) is 30.5 Å². The number of nitrogens with one attached hydrogen (secondary N) is 2. The molecule has 212 valence electrons. The predicted molar refractivity (Wildman–Crippen MR) is 154 cm³/mol. The number of hydrogen-bond acceptors (Lipinski definition) is 7. The van der Waals surface area contributed by atoms with Crippen LogP contribution in [0.5, 0.6) is 5.75 Å². The number of likely N-dealkylation sites (tertiary alicyclic amines) is 1. The molecule has 1 aliphatic heterocycles. The van der Waals surface area contributed by atoms with Crippen molar-refractivity contribution >= 4 is 29.1 Å². The fourth-order valence-electron chi connectivity index (χ4n) is 4.66. The average Bonchev–Trinajstić information content (AvgIpc) is 3.40. The first-order valence-corrected chi connectivity index (χ1v) is 13.3. The van der Waals surface area contributed by atoms with Crippen molar-refractivity contribution in [3.05, 3.63) is 108 Å². The lowest BCUT2D eigenvalue weighted by atomic mass is 10.1. The molecular formula is C31H27FN6O4. The molecule has 0 saturated carbocycles. The predicted octanol–water partition coefficient (Wildman–Crippen LogP) is 4.03. The van der Waals surface area contributed by atoms with Gasteiger partial charge in [-0.3, -0.25) is 9.59 Å². The Labute approximate surface area is 240 Å². The lowest BCUT2D eigenvalue weighted by Crippen LogP contribution is -2.53. The summed E-state index contributed by atoms with van der Waals surface area (Å²) in [5, 5.41) is 20.0. The van der Waals surface area contributed by atoms with Crippen molar-refractivity contribution in [3.63, 3.8) is 0 Å². The molecule has 3 N–H and O–H groups in total. The standard InChI is InChI=1S/C31H27FN6O4/c1-42-27-14-22(30(41)37-17-25(39)18-37)8-12-26(27)34-31-35-28-13-9-23(16-38(28)36-31)20-4-6-21(7-5-20)29(40)33-15-19-2-10-24(32)11-3-19/h2-14,16,25,39H,15,17-18H2,1H3,(H,33,40)(H,34,36). The van der Waals surface area contributed by atoms with Crippen molar-refractivity contribution in [2.24, 2.45) is 0 Å². The van der Waals surface area contributed by atoms with E-state index >= 15 is 0 Å². The summed E-state index contributed by atoms with van der Waals surface area (Å²) in [6.07, 6.45) is 1.38. The quantitative estimate of drug-likeness (QED) is 0.259. The van der Waals surface area contributed by atoms with E-state index in [1.165, 1.54) is 19.2 Å². The summed E-state index contributed by atoms with van der Waals surface area (Å²) in [6, 6.07) is 22.1. The first-order valence-electron chi connectivity index (χ1n) is 13.3. The molecule has 0 atom stereocenters. The van der Waals surface area contributed by atoms with Crippen LogP contribution in [0.15, 0.2) is 85.1 Å². The molecule has 0 bridgehead atoms. The lowest BCUT2D eigenvalue weighted by molar-refractivity contribution is 0.00588. The van der Waals surface area contributed by atoms with Crippen LogP contribution in [0, 0.1) is 5.82 Å². The summed E-state index contributed by atoms with van der Waals surface area (Å²) in [7, 11) is 1.52. The number of methoxy groups -OCH3 is 1. The van der Waals surface area contributed by atoms with Gasteiger partial charge in [-0.15, -0.1) is 5.10 Å². The maximum atomic E-state index is 13.1. The number of hydrogen-bond donors (Lipinski definition) is 3. The molecule has 0 radical (unpaired) electrons. The first kappa shape index (κ1) is 26.9. The van der Waals surface area contributed by atoms with E-state index in [-0.39, 0.29) is 17.6 Å². The second kappa shape index (κ2) is 11.3. The van der Waals surface area contributed by atoms with Crippen LogP contribution in [0.25, 0.3) is 16.8 Å². The number of amides is 2. The summed E-state index contributed by atoms with van der Waals surface area (Å²) >= 11 is 0. The van der Waals surface area contributed by atoms with Gasteiger partial charge in [0.2, 0.25) is 5.95 Å². The zero-order valence-electron chi connectivity index (χ0n) is 22.6. The summed E-state index contributed by atoms with van der Waals surface area (Å²) in [5.41, 5.74) is 4.79. The van der Waals surface area contributed by atoms with E-state index < -0.39 is 6.10 Å². The number of carbonyl (C=O) groups excluding carboxylic acids is 2. The minimum atomic E-state index is -0.468. The zero-order valence-corrected chi connectivity index (χ0v) is 22.6. The Morgan fingerprint density at radius 2 is 1.69 bits per heavy atom. The van der Waals surface area contributed by atoms with Crippen molar-refractivity contribution < 1.29 is 23.8 Å². The minimum Gasteiger partial charge on any atom is -0.495 e. The highest BCUT2D eigenvalue weighted by atomic mass is 19.1. The van der Waals surface area contributed by atoms with Crippen LogP contribution in [0.4, 0.5) is 16.0 Å². The van der Waals surface area contributed by atoms with Gasteiger partial charge in [0.1, 0.15) is 11.6 Å². The molecule has 6 rings (SSSR count). The normalized spacial score (nSPS) is 13.1. The number of aliphatic hydroxyl groups is 1. The Morgan fingerprint density at radius 3 is 2.40 bits per heavy atom. The molecule has 11 heteroatoms. The molecule has 1 saturated heterocycles. The number of aliphatic hydroxyl groups excluding tert-OH is 1. The van der Waals surface area contributed by atoms with E-state index in [2.05, 4.69) is 20.7 Å². The van der Waals surface area contributed by atoms with Gasteiger partial charge in [-0.1, -0.05) is 24.3 Å². The van der Waals surface area contributed by atoms with Gasteiger partial charge in [-0.2, -0.15) is 4.98 Å². The third-order valence-electron chi connectivity index (χ3n) is 7.02. The van der Waals surface area contributed by atoms with Crippen molar-refractivity contribution in [1.82, 2.24) is 24.8 Å². The molecule has 1 aliphatic rings. The molecule has 2 amide bonds. The average molecular weight is 567 g/mol. The lowest BCUT2D eigenvalue weighted by Gasteiger charge is -2.35. The van der Waals surface area contributed by atoms with Crippen LogP contribution in [0.2, 0.25) is 0 Å². The Morgan fingerprint density at radius 1 is 0.976 bits per heavy atom. The summed E-state index contributed by atoms with van der Waals surface area (Å²) in [4.78, 5) is 31.3. The highest BCUT2D eigenvalue weighted by Gasteiger charge is 2.29. The minimum absolute atomic E-state index is 0.165. The number of carbonyl (C=O) groups is 2. The van der Waals surface area contributed by atoms with Crippen molar-refractivity contribution in [2.75, 3.05) is 25.5 Å². The molecule has 0 spiro atoms. The third-order valence-corrected chi connectivity index (χ3v) is 7.02.